The lowest BCUT2D eigenvalue weighted by Crippen LogP contribution is -2.04. The molecule has 0 N–H and O–H groups in total. The zero-order chi connectivity index (χ0) is 21.5. The van der Waals surface area contributed by atoms with Crippen LogP contribution >= 0.6 is 11.3 Å². The maximum Gasteiger partial charge on any atom is 0.416 e. The van der Waals surface area contributed by atoms with Crippen LogP contribution in [0.3, 0.4) is 0 Å². The standard InChI is InChI=1S/C22H17F4N3S/c1-3-19-20(14-7-9-16(10-8-14)22(24,25)26)27-21(30-19)29-12-18(13(2)28-29)15-5-4-6-17(23)11-15/h4-12H,3H2,1-2H3. The number of halogens is 4. The van der Waals surface area contributed by atoms with Crippen molar-refractivity contribution in [1.29, 1.82) is 0 Å². The first-order chi connectivity index (χ1) is 14.3. The highest BCUT2D eigenvalue weighted by Gasteiger charge is 2.30. The molecule has 30 heavy (non-hydrogen) atoms. The fourth-order valence-corrected chi connectivity index (χ4v) is 4.17. The molecule has 4 rings (SSSR count). The molecule has 0 aliphatic carbocycles. The average Bonchev–Trinajstić information content (AvgIpc) is 3.31. The lowest BCUT2D eigenvalue weighted by molar-refractivity contribution is -0.137. The summed E-state index contributed by atoms with van der Waals surface area (Å²) >= 11 is 1.43. The minimum absolute atomic E-state index is 0.327. The van der Waals surface area contributed by atoms with Crippen LogP contribution in [0, 0.1) is 12.7 Å². The van der Waals surface area contributed by atoms with Crippen molar-refractivity contribution in [2.75, 3.05) is 0 Å². The molecule has 4 aromatic rings. The molecule has 0 amide bonds. The largest absolute Gasteiger partial charge is 0.416 e. The third kappa shape index (κ3) is 3.87. The molecule has 8 heteroatoms. The van der Waals surface area contributed by atoms with Crippen molar-refractivity contribution >= 4 is 11.3 Å². The van der Waals surface area contributed by atoms with Gasteiger partial charge in [0.05, 0.1) is 17.0 Å². The number of rotatable bonds is 4. The maximum atomic E-state index is 13.6. The number of alkyl halides is 3. The fourth-order valence-electron chi connectivity index (χ4n) is 3.22. The smallest absolute Gasteiger partial charge is 0.218 e. The van der Waals surface area contributed by atoms with Crippen LogP contribution in [0.2, 0.25) is 0 Å². The number of aryl methyl sites for hydroxylation is 2. The van der Waals surface area contributed by atoms with Gasteiger partial charge < -0.3 is 0 Å². The zero-order valence-corrected chi connectivity index (χ0v) is 17.0. The Balaban J connectivity index is 1.72. The summed E-state index contributed by atoms with van der Waals surface area (Å²) in [4.78, 5) is 5.59. The minimum atomic E-state index is -4.38. The van der Waals surface area contributed by atoms with E-state index in [9.17, 15) is 17.6 Å². The van der Waals surface area contributed by atoms with Crippen LogP contribution in [0.4, 0.5) is 17.6 Å². The molecule has 3 nitrogen and oxygen atoms in total. The molecule has 0 unspecified atom stereocenters. The molecule has 2 aromatic heterocycles. The van der Waals surface area contributed by atoms with Crippen molar-refractivity contribution in [3.63, 3.8) is 0 Å². The number of aromatic nitrogens is 3. The summed E-state index contributed by atoms with van der Waals surface area (Å²) in [5.41, 5.74) is 2.81. The molecule has 0 radical (unpaired) electrons. The summed E-state index contributed by atoms with van der Waals surface area (Å²) in [5, 5.41) is 5.11. The Bertz CT molecular complexity index is 1190. The lowest BCUT2D eigenvalue weighted by atomic mass is 10.1. The highest BCUT2D eigenvalue weighted by molar-refractivity contribution is 7.14. The van der Waals surface area contributed by atoms with Gasteiger partial charge in [0.2, 0.25) is 5.13 Å². The van der Waals surface area contributed by atoms with Crippen LogP contribution < -0.4 is 0 Å². The molecule has 0 bridgehead atoms. The Labute approximate surface area is 174 Å². The predicted octanol–water partition coefficient (Wildman–Crippen LogP) is 6.69. The van der Waals surface area contributed by atoms with E-state index in [0.29, 0.717) is 28.4 Å². The van der Waals surface area contributed by atoms with E-state index in [4.69, 9.17) is 0 Å². The summed E-state index contributed by atoms with van der Waals surface area (Å²) in [5.74, 6) is -0.327. The second-order valence-electron chi connectivity index (χ2n) is 6.78. The lowest BCUT2D eigenvalue weighted by Gasteiger charge is -2.07. The SMILES string of the molecule is CCc1sc(-n2cc(-c3cccc(F)c3)c(C)n2)nc1-c1ccc(C(F)(F)F)cc1. The minimum Gasteiger partial charge on any atom is -0.218 e. The molecule has 0 spiro atoms. The topological polar surface area (TPSA) is 30.7 Å². The van der Waals surface area contributed by atoms with Crippen LogP contribution in [0.15, 0.2) is 54.7 Å². The van der Waals surface area contributed by atoms with Gasteiger partial charge in [-0.15, -0.1) is 0 Å². The monoisotopic (exact) mass is 431 g/mol. The molecule has 2 heterocycles. The van der Waals surface area contributed by atoms with Crippen molar-refractivity contribution in [2.24, 2.45) is 0 Å². The molecular weight excluding hydrogens is 414 g/mol. The summed E-state index contributed by atoms with van der Waals surface area (Å²) in [6, 6.07) is 11.3. The molecule has 0 atom stereocenters. The molecule has 0 aliphatic rings. The molecule has 0 fully saturated rings. The second kappa shape index (κ2) is 7.68. The number of hydrogen-bond donors (Lipinski definition) is 0. The van der Waals surface area contributed by atoms with Crippen molar-refractivity contribution in [3.05, 3.63) is 76.7 Å². The van der Waals surface area contributed by atoms with E-state index < -0.39 is 11.7 Å². The summed E-state index contributed by atoms with van der Waals surface area (Å²) < 4.78 is 53.8. The normalized spacial score (nSPS) is 11.8. The highest BCUT2D eigenvalue weighted by atomic mass is 32.1. The summed E-state index contributed by atoms with van der Waals surface area (Å²) in [6.07, 6.45) is -1.90. The number of hydrogen-bond acceptors (Lipinski definition) is 3. The molecular formula is C22H17F4N3S. The van der Waals surface area contributed by atoms with Gasteiger partial charge in [0, 0.05) is 22.2 Å². The third-order valence-corrected chi connectivity index (χ3v) is 5.91. The molecule has 0 saturated carbocycles. The van der Waals surface area contributed by atoms with Gasteiger partial charge in [0.1, 0.15) is 5.82 Å². The van der Waals surface area contributed by atoms with Gasteiger partial charge in [-0.25, -0.2) is 14.1 Å². The summed E-state index contributed by atoms with van der Waals surface area (Å²) in [7, 11) is 0. The third-order valence-electron chi connectivity index (χ3n) is 4.72. The Kier molecular flexibility index (Phi) is 5.19. The van der Waals surface area contributed by atoms with E-state index in [1.54, 1.807) is 16.9 Å². The molecule has 2 aromatic carbocycles. The van der Waals surface area contributed by atoms with E-state index in [2.05, 4.69) is 10.1 Å². The van der Waals surface area contributed by atoms with E-state index in [1.807, 2.05) is 19.9 Å². The first kappa shape index (κ1) is 20.3. The van der Waals surface area contributed by atoms with E-state index >= 15 is 0 Å². The van der Waals surface area contributed by atoms with Gasteiger partial charge in [0.15, 0.2) is 0 Å². The maximum absolute atomic E-state index is 13.6. The van der Waals surface area contributed by atoms with Gasteiger partial charge >= 0.3 is 6.18 Å². The van der Waals surface area contributed by atoms with Gasteiger partial charge in [-0.3, -0.25) is 0 Å². The Morgan fingerprint density at radius 1 is 1.03 bits per heavy atom. The molecule has 154 valence electrons. The number of benzene rings is 2. The molecule has 0 saturated heterocycles. The van der Waals surface area contributed by atoms with Crippen LogP contribution in [-0.2, 0) is 12.6 Å². The number of nitrogens with zero attached hydrogens (tertiary/aromatic N) is 3. The van der Waals surface area contributed by atoms with E-state index in [0.717, 1.165) is 28.3 Å². The van der Waals surface area contributed by atoms with Gasteiger partial charge in [0.25, 0.3) is 0 Å². The first-order valence-electron chi connectivity index (χ1n) is 9.26. The molecule has 0 aliphatic heterocycles. The van der Waals surface area contributed by atoms with Crippen molar-refractivity contribution in [3.8, 4) is 27.5 Å². The van der Waals surface area contributed by atoms with Crippen LogP contribution in [0.25, 0.3) is 27.5 Å². The quantitative estimate of drug-likeness (QED) is 0.337. The van der Waals surface area contributed by atoms with Crippen LogP contribution in [-0.4, -0.2) is 14.8 Å². The fraction of sp³-hybridized carbons (Fsp3) is 0.182. The Morgan fingerprint density at radius 3 is 2.40 bits per heavy atom. The van der Waals surface area contributed by atoms with E-state index in [1.165, 1.54) is 35.6 Å². The van der Waals surface area contributed by atoms with Gasteiger partial charge in [-0.2, -0.15) is 18.3 Å². The summed E-state index contributed by atoms with van der Waals surface area (Å²) in [6.45, 7) is 3.80. The van der Waals surface area contributed by atoms with Crippen LogP contribution in [0.5, 0.6) is 0 Å². The first-order valence-corrected chi connectivity index (χ1v) is 10.1. The second-order valence-corrected chi connectivity index (χ2v) is 7.84. The van der Waals surface area contributed by atoms with Crippen molar-refractivity contribution in [1.82, 2.24) is 14.8 Å². The average molecular weight is 431 g/mol. The number of thiazole rings is 1. The highest BCUT2D eigenvalue weighted by Crippen LogP contribution is 2.35. The Hall–Kier alpha value is -3.00. The van der Waals surface area contributed by atoms with Crippen LogP contribution in [0.1, 0.15) is 23.1 Å². The van der Waals surface area contributed by atoms with Gasteiger partial charge in [-0.05, 0) is 43.2 Å². The van der Waals surface area contributed by atoms with Crippen molar-refractivity contribution < 1.29 is 17.6 Å². The van der Waals surface area contributed by atoms with E-state index in [-0.39, 0.29) is 5.82 Å². The van der Waals surface area contributed by atoms with Gasteiger partial charge in [-0.1, -0.05) is 42.5 Å². The predicted molar refractivity (Wildman–Crippen MR) is 109 cm³/mol. The van der Waals surface area contributed by atoms with Crippen molar-refractivity contribution in [2.45, 2.75) is 26.4 Å². The Morgan fingerprint density at radius 2 is 1.77 bits per heavy atom. The zero-order valence-electron chi connectivity index (χ0n) is 16.2.